The lowest BCUT2D eigenvalue weighted by molar-refractivity contribution is -0.167. The predicted octanol–water partition coefficient (Wildman–Crippen LogP) is 16.3. The van der Waals surface area contributed by atoms with Gasteiger partial charge in [0.15, 0.2) is 6.10 Å². The Kier molecular flexibility index (Phi) is 44.2. The third-order valence-corrected chi connectivity index (χ3v) is 11.9. The summed E-state index contributed by atoms with van der Waals surface area (Å²) in [6, 6.07) is 0. The molecule has 0 spiro atoms. The molecular weight excluding hydrogens is 709 g/mol. The first-order valence-corrected chi connectivity index (χ1v) is 25.4. The molecule has 0 bridgehead atoms. The monoisotopic (exact) mass is 807 g/mol. The van der Waals surface area contributed by atoms with Crippen molar-refractivity contribution in [1.29, 1.82) is 0 Å². The molecule has 0 aromatic carbocycles. The molecule has 57 heavy (non-hydrogen) atoms. The molecule has 0 rings (SSSR count). The van der Waals surface area contributed by atoms with Crippen LogP contribution in [0.1, 0.15) is 285 Å². The molecule has 0 aliphatic rings. The van der Waals surface area contributed by atoms with Crippen molar-refractivity contribution in [3.05, 3.63) is 0 Å². The minimum Gasteiger partial charge on any atom is -0.462 e. The van der Waals surface area contributed by atoms with Crippen LogP contribution in [0.4, 0.5) is 0 Å². The SMILES string of the molecule is CCCCCCCCCCCCCCC(=O)OC[C@H](COC(=O)CCCCCCCCCCC)OC(=O)CCCCCCCCCCCCCCCCC(C)CC. The lowest BCUT2D eigenvalue weighted by Gasteiger charge is -2.18. The number of ether oxygens (including phenoxy) is 3. The Hall–Kier alpha value is -1.59. The first-order valence-electron chi connectivity index (χ1n) is 25.4. The van der Waals surface area contributed by atoms with Crippen molar-refractivity contribution in [2.45, 2.75) is 291 Å². The zero-order chi connectivity index (χ0) is 41.7. The summed E-state index contributed by atoms with van der Waals surface area (Å²) in [6.45, 7) is 9.04. The van der Waals surface area contributed by atoms with E-state index in [0.29, 0.717) is 19.3 Å². The summed E-state index contributed by atoms with van der Waals surface area (Å²) in [7, 11) is 0. The Balaban J connectivity index is 4.25. The van der Waals surface area contributed by atoms with E-state index in [0.717, 1.165) is 63.7 Å². The average Bonchev–Trinajstić information content (AvgIpc) is 3.21. The summed E-state index contributed by atoms with van der Waals surface area (Å²) >= 11 is 0. The normalized spacial score (nSPS) is 12.4. The average molecular weight is 807 g/mol. The first kappa shape index (κ1) is 55.4. The van der Waals surface area contributed by atoms with Crippen molar-refractivity contribution < 1.29 is 28.6 Å². The number of unbranched alkanes of at least 4 members (excludes halogenated alkanes) is 32. The molecule has 0 amide bonds. The van der Waals surface area contributed by atoms with Gasteiger partial charge in [0.25, 0.3) is 0 Å². The van der Waals surface area contributed by atoms with Crippen molar-refractivity contribution in [3.63, 3.8) is 0 Å². The molecule has 0 aliphatic heterocycles. The molecule has 0 aromatic heterocycles. The Morgan fingerprint density at radius 1 is 0.351 bits per heavy atom. The van der Waals surface area contributed by atoms with Crippen LogP contribution < -0.4 is 0 Å². The number of esters is 3. The van der Waals surface area contributed by atoms with Crippen LogP contribution in [0.15, 0.2) is 0 Å². The highest BCUT2D eigenvalue weighted by atomic mass is 16.6. The Morgan fingerprint density at radius 3 is 0.912 bits per heavy atom. The van der Waals surface area contributed by atoms with Crippen molar-refractivity contribution in [2.24, 2.45) is 5.92 Å². The van der Waals surface area contributed by atoms with Crippen LogP contribution in [-0.4, -0.2) is 37.2 Å². The van der Waals surface area contributed by atoms with E-state index in [4.69, 9.17) is 14.2 Å². The Morgan fingerprint density at radius 2 is 0.614 bits per heavy atom. The van der Waals surface area contributed by atoms with E-state index < -0.39 is 6.10 Å². The fourth-order valence-electron chi connectivity index (χ4n) is 7.66. The smallest absolute Gasteiger partial charge is 0.306 e. The van der Waals surface area contributed by atoms with E-state index >= 15 is 0 Å². The van der Waals surface area contributed by atoms with E-state index in [9.17, 15) is 14.4 Å². The van der Waals surface area contributed by atoms with Crippen LogP contribution in [0.3, 0.4) is 0 Å². The molecule has 0 heterocycles. The van der Waals surface area contributed by atoms with Crippen molar-refractivity contribution in [2.75, 3.05) is 13.2 Å². The largest absolute Gasteiger partial charge is 0.462 e. The van der Waals surface area contributed by atoms with Gasteiger partial charge in [0.1, 0.15) is 13.2 Å². The highest BCUT2D eigenvalue weighted by molar-refractivity contribution is 5.71. The third kappa shape index (κ3) is 43.8. The standard InChI is InChI=1S/C51H98O6/c1-5-8-10-12-14-16-17-23-27-31-35-39-43-50(53)56-46-48(45-55-49(52)42-38-34-30-25-15-13-11-9-6-2)57-51(54)44-40-36-32-28-24-21-19-18-20-22-26-29-33-37-41-47(4)7-3/h47-48H,5-46H2,1-4H3/t47?,48-/m0/s1. The Bertz CT molecular complexity index is 859. The van der Waals surface area contributed by atoms with Gasteiger partial charge in [-0.25, -0.2) is 0 Å². The predicted molar refractivity (Wildman–Crippen MR) is 243 cm³/mol. The summed E-state index contributed by atoms with van der Waals surface area (Å²) in [5.74, 6) is 0.0460. The van der Waals surface area contributed by atoms with Gasteiger partial charge in [0.05, 0.1) is 0 Å². The Labute approximate surface area is 355 Å². The quantitative estimate of drug-likeness (QED) is 0.0346. The van der Waals surface area contributed by atoms with E-state index in [1.807, 2.05) is 0 Å². The molecule has 6 nitrogen and oxygen atoms in total. The van der Waals surface area contributed by atoms with Crippen molar-refractivity contribution in [1.82, 2.24) is 0 Å². The van der Waals surface area contributed by atoms with E-state index in [-0.39, 0.29) is 31.1 Å². The van der Waals surface area contributed by atoms with Crippen LogP contribution >= 0.6 is 0 Å². The highest BCUT2D eigenvalue weighted by Gasteiger charge is 2.19. The maximum atomic E-state index is 12.8. The van der Waals surface area contributed by atoms with E-state index in [1.165, 1.54) is 180 Å². The maximum Gasteiger partial charge on any atom is 0.306 e. The summed E-state index contributed by atoms with van der Waals surface area (Å²) in [5.41, 5.74) is 0. The molecule has 338 valence electrons. The van der Waals surface area contributed by atoms with Gasteiger partial charge in [0, 0.05) is 19.3 Å². The lowest BCUT2D eigenvalue weighted by atomic mass is 9.99. The van der Waals surface area contributed by atoms with Crippen molar-refractivity contribution >= 4 is 17.9 Å². The molecule has 0 radical (unpaired) electrons. The van der Waals surface area contributed by atoms with Gasteiger partial charge in [-0.05, 0) is 25.2 Å². The second kappa shape index (κ2) is 45.5. The van der Waals surface area contributed by atoms with Crippen LogP contribution in [0.2, 0.25) is 0 Å². The van der Waals surface area contributed by atoms with Gasteiger partial charge in [-0.1, -0.05) is 246 Å². The van der Waals surface area contributed by atoms with E-state index in [2.05, 4.69) is 27.7 Å². The van der Waals surface area contributed by atoms with Crippen LogP contribution in [0, 0.1) is 5.92 Å². The lowest BCUT2D eigenvalue weighted by Crippen LogP contribution is -2.30. The highest BCUT2D eigenvalue weighted by Crippen LogP contribution is 2.17. The summed E-state index contributed by atoms with van der Waals surface area (Å²) in [4.78, 5) is 37.8. The summed E-state index contributed by atoms with van der Waals surface area (Å²) in [6.07, 6.45) is 46.5. The molecule has 2 atom stereocenters. The van der Waals surface area contributed by atoms with Gasteiger partial charge < -0.3 is 14.2 Å². The van der Waals surface area contributed by atoms with Crippen LogP contribution in [-0.2, 0) is 28.6 Å². The minimum absolute atomic E-state index is 0.0630. The number of hydrogen-bond donors (Lipinski definition) is 0. The van der Waals surface area contributed by atoms with Crippen molar-refractivity contribution in [3.8, 4) is 0 Å². The van der Waals surface area contributed by atoms with Crippen LogP contribution in [0.25, 0.3) is 0 Å². The number of carbonyl (C=O) groups is 3. The van der Waals surface area contributed by atoms with Crippen LogP contribution in [0.5, 0.6) is 0 Å². The second-order valence-electron chi connectivity index (χ2n) is 17.7. The summed E-state index contributed by atoms with van der Waals surface area (Å²) in [5, 5.41) is 0. The fraction of sp³-hybridized carbons (Fsp3) is 0.941. The van der Waals surface area contributed by atoms with Gasteiger partial charge in [-0.3, -0.25) is 14.4 Å². The molecule has 1 unspecified atom stereocenters. The zero-order valence-corrected chi connectivity index (χ0v) is 38.8. The maximum absolute atomic E-state index is 12.8. The molecule has 0 saturated carbocycles. The molecule has 0 aromatic rings. The van der Waals surface area contributed by atoms with E-state index in [1.54, 1.807) is 0 Å². The molecule has 0 saturated heterocycles. The van der Waals surface area contributed by atoms with Gasteiger partial charge >= 0.3 is 17.9 Å². The zero-order valence-electron chi connectivity index (χ0n) is 38.8. The fourth-order valence-corrected chi connectivity index (χ4v) is 7.66. The number of carbonyl (C=O) groups excluding carboxylic acids is 3. The number of hydrogen-bond acceptors (Lipinski definition) is 6. The third-order valence-electron chi connectivity index (χ3n) is 11.9. The molecule has 0 N–H and O–H groups in total. The topological polar surface area (TPSA) is 78.9 Å². The molecular formula is C51H98O6. The number of rotatable bonds is 46. The second-order valence-corrected chi connectivity index (χ2v) is 17.7. The van der Waals surface area contributed by atoms with Gasteiger partial charge in [-0.15, -0.1) is 0 Å². The summed E-state index contributed by atoms with van der Waals surface area (Å²) < 4.78 is 16.8. The van der Waals surface area contributed by atoms with Gasteiger partial charge in [-0.2, -0.15) is 0 Å². The molecule has 0 fully saturated rings. The molecule has 0 aliphatic carbocycles. The first-order chi connectivity index (χ1) is 27.9. The minimum atomic E-state index is -0.759. The van der Waals surface area contributed by atoms with Gasteiger partial charge in [0.2, 0.25) is 0 Å². The molecule has 6 heteroatoms.